The zero-order chi connectivity index (χ0) is 15.4. The monoisotopic (exact) mass is 300 g/mol. The zero-order valence-corrected chi connectivity index (χ0v) is 13.7. The highest BCUT2D eigenvalue weighted by molar-refractivity contribution is 5.58. The maximum absolute atomic E-state index is 4.51. The lowest BCUT2D eigenvalue weighted by Crippen LogP contribution is -2.46. The molecule has 1 N–H and O–H groups in total. The van der Waals surface area contributed by atoms with Gasteiger partial charge >= 0.3 is 0 Å². The minimum absolute atomic E-state index is 0.574. The Morgan fingerprint density at radius 1 is 1.18 bits per heavy atom. The van der Waals surface area contributed by atoms with Gasteiger partial charge in [0.1, 0.15) is 0 Å². The minimum Gasteiger partial charge on any atom is -0.327 e. The topological polar surface area (TPSA) is 33.1 Å². The number of nitrogens with one attached hydrogen (secondary N) is 1. The fraction of sp³-hybridized carbons (Fsp3) is 0.611. The Morgan fingerprint density at radius 2 is 1.91 bits per heavy atom. The van der Waals surface area contributed by atoms with Gasteiger partial charge in [-0.1, -0.05) is 12.7 Å². The molecule has 0 amide bonds. The molecular weight excluding hydrogens is 272 g/mol. The van der Waals surface area contributed by atoms with Crippen LogP contribution in [0.15, 0.2) is 19.0 Å². The fourth-order valence-electron chi connectivity index (χ4n) is 3.86. The van der Waals surface area contributed by atoms with Crippen LogP contribution in [0.25, 0.3) is 12.2 Å². The van der Waals surface area contributed by atoms with Crippen LogP contribution in [0.4, 0.5) is 0 Å². The third kappa shape index (κ3) is 3.18. The van der Waals surface area contributed by atoms with Crippen LogP contribution in [0.2, 0.25) is 0 Å². The molecule has 1 aromatic heterocycles. The summed E-state index contributed by atoms with van der Waals surface area (Å²) in [4.78, 5) is 7.22. The van der Waals surface area contributed by atoms with Crippen molar-refractivity contribution in [2.24, 2.45) is 0 Å². The van der Waals surface area contributed by atoms with Gasteiger partial charge in [-0.2, -0.15) is 0 Å². The van der Waals surface area contributed by atoms with E-state index in [0.29, 0.717) is 6.04 Å². The summed E-state index contributed by atoms with van der Waals surface area (Å²) in [5.41, 5.74) is 2.21. The van der Waals surface area contributed by atoms with E-state index in [0.717, 1.165) is 11.7 Å². The summed E-state index contributed by atoms with van der Waals surface area (Å²) in [5, 5.41) is 3.46. The first-order valence-corrected chi connectivity index (χ1v) is 8.60. The molecule has 3 heterocycles. The SMILES string of the molecule is C=Cc1ncn(C2CCN(C3CCNCC3)CC2)c1/C=C\C. The summed E-state index contributed by atoms with van der Waals surface area (Å²) in [7, 11) is 0. The first kappa shape index (κ1) is 15.5. The molecule has 0 atom stereocenters. The molecule has 0 saturated carbocycles. The maximum atomic E-state index is 4.51. The van der Waals surface area contributed by atoms with Gasteiger partial charge in [0, 0.05) is 25.2 Å². The van der Waals surface area contributed by atoms with Gasteiger partial charge in [-0.05, 0) is 57.8 Å². The van der Waals surface area contributed by atoms with Gasteiger partial charge in [-0.15, -0.1) is 0 Å². The van der Waals surface area contributed by atoms with E-state index in [9.17, 15) is 0 Å². The third-order valence-corrected chi connectivity index (χ3v) is 5.10. The first-order chi connectivity index (χ1) is 10.8. The average molecular weight is 300 g/mol. The summed E-state index contributed by atoms with van der Waals surface area (Å²) in [5.74, 6) is 0. The smallest absolute Gasteiger partial charge is 0.0960 e. The number of nitrogens with zero attached hydrogens (tertiary/aromatic N) is 3. The molecule has 3 rings (SSSR count). The molecule has 0 spiro atoms. The van der Waals surface area contributed by atoms with E-state index >= 15 is 0 Å². The van der Waals surface area contributed by atoms with Crippen molar-refractivity contribution in [3.8, 4) is 0 Å². The molecular formula is C18H28N4. The average Bonchev–Trinajstić information content (AvgIpc) is 2.99. The van der Waals surface area contributed by atoms with Gasteiger partial charge in [-0.3, -0.25) is 0 Å². The molecule has 0 bridgehead atoms. The number of piperidine rings is 2. The normalized spacial score (nSPS) is 22.4. The molecule has 2 saturated heterocycles. The Bertz CT molecular complexity index is 517. The zero-order valence-electron chi connectivity index (χ0n) is 13.7. The Kier molecular flexibility index (Phi) is 5.11. The highest BCUT2D eigenvalue weighted by atomic mass is 15.2. The van der Waals surface area contributed by atoms with E-state index in [4.69, 9.17) is 0 Å². The van der Waals surface area contributed by atoms with Gasteiger partial charge in [0.15, 0.2) is 0 Å². The number of rotatable bonds is 4. The summed E-state index contributed by atoms with van der Waals surface area (Å²) < 4.78 is 2.36. The Hall–Kier alpha value is -1.39. The minimum atomic E-state index is 0.574. The molecule has 4 heteroatoms. The van der Waals surface area contributed by atoms with Crippen molar-refractivity contribution >= 4 is 12.2 Å². The van der Waals surface area contributed by atoms with Crippen molar-refractivity contribution < 1.29 is 0 Å². The Labute approximate surface area is 133 Å². The van der Waals surface area contributed by atoms with Crippen LogP contribution in [0.1, 0.15) is 50.0 Å². The van der Waals surface area contributed by atoms with E-state index in [1.54, 1.807) is 0 Å². The molecule has 2 aliphatic rings. The standard InChI is InChI=1S/C18H28N4/c1-3-5-18-17(4-2)20-14-22(18)16-8-12-21(13-9-16)15-6-10-19-11-7-15/h3-5,14-16,19H,2,6-13H2,1H3/b5-3-. The van der Waals surface area contributed by atoms with Crippen molar-refractivity contribution in [3.63, 3.8) is 0 Å². The molecule has 0 aliphatic carbocycles. The fourth-order valence-corrected chi connectivity index (χ4v) is 3.86. The largest absolute Gasteiger partial charge is 0.327 e. The molecule has 1 aromatic rings. The van der Waals surface area contributed by atoms with E-state index < -0.39 is 0 Å². The molecule has 22 heavy (non-hydrogen) atoms. The van der Waals surface area contributed by atoms with E-state index in [2.05, 4.69) is 45.4 Å². The van der Waals surface area contributed by atoms with Crippen molar-refractivity contribution in [2.75, 3.05) is 26.2 Å². The van der Waals surface area contributed by atoms with Crippen LogP contribution in [-0.4, -0.2) is 46.7 Å². The van der Waals surface area contributed by atoms with Gasteiger partial charge in [0.2, 0.25) is 0 Å². The highest BCUT2D eigenvalue weighted by Gasteiger charge is 2.27. The van der Waals surface area contributed by atoms with E-state index in [1.165, 1.54) is 57.6 Å². The van der Waals surface area contributed by atoms with Crippen LogP contribution >= 0.6 is 0 Å². The molecule has 120 valence electrons. The van der Waals surface area contributed by atoms with Gasteiger partial charge < -0.3 is 14.8 Å². The highest BCUT2D eigenvalue weighted by Crippen LogP contribution is 2.28. The molecule has 2 fully saturated rings. The summed E-state index contributed by atoms with van der Waals surface area (Å²) in [6.07, 6.45) is 13.2. The number of likely N-dealkylation sites (tertiary alicyclic amines) is 1. The van der Waals surface area contributed by atoms with Gasteiger partial charge in [-0.25, -0.2) is 4.98 Å². The maximum Gasteiger partial charge on any atom is 0.0960 e. The van der Waals surface area contributed by atoms with Crippen LogP contribution in [0, 0.1) is 0 Å². The van der Waals surface area contributed by atoms with Crippen molar-refractivity contribution in [1.29, 1.82) is 0 Å². The lowest BCUT2D eigenvalue weighted by molar-refractivity contribution is 0.113. The summed E-state index contributed by atoms with van der Waals surface area (Å²) in [6.45, 7) is 10.7. The Balaban J connectivity index is 1.66. The number of aromatic nitrogens is 2. The number of imidazole rings is 1. The van der Waals surface area contributed by atoms with E-state index in [-0.39, 0.29) is 0 Å². The Morgan fingerprint density at radius 3 is 2.55 bits per heavy atom. The second kappa shape index (κ2) is 7.25. The van der Waals surface area contributed by atoms with Crippen LogP contribution in [0.3, 0.4) is 0 Å². The second-order valence-corrected chi connectivity index (χ2v) is 6.37. The predicted octanol–water partition coefficient (Wildman–Crippen LogP) is 2.95. The molecule has 4 nitrogen and oxygen atoms in total. The molecule has 2 aliphatic heterocycles. The van der Waals surface area contributed by atoms with Gasteiger partial charge in [0.25, 0.3) is 0 Å². The summed E-state index contributed by atoms with van der Waals surface area (Å²) in [6, 6.07) is 1.37. The third-order valence-electron chi connectivity index (χ3n) is 5.10. The number of allylic oxidation sites excluding steroid dienone is 1. The second-order valence-electron chi connectivity index (χ2n) is 6.37. The number of hydrogen-bond donors (Lipinski definition) is 1. The molecule has 0 aromatic carbocycles. The lowest BCUT2D eigenvalue weighted by atomic mass is 9.98. The lowest BCUT2D eigenvalue weighted by Gasteiger charge is -2.40. The van der Waals surface area contributed by atoms with Crippen LogP contribution in [-0.2, 0) is 0 Å². The van der Waals surface area contributed by atoms with Crippen molar-refractivity contribution in [1.82, 2.24) is 19.8 Å². The van der Waals surface area contributed by atoms with E-state index in [1.807, 2.05) is 12.4 Å². The molecule has 0 unspecified atom stereocenters. The van der Waals surface area contributed by atoms with Gasteiger partial charge in [0.05, 0.1) is 17.7 Å². The molecule has 0 radical (unpaired) electrons. The summed E-state index contributed by atoms with van der Waals surface area (Å²) >= 11 is 0. The quantitative estimate of drug-likeness (QED) is 0.928. The van der Waals surface area contributed by atoms with Crippen molar-refractivity contribution in [3.05, 3.63) is 30.4 Å². The van der Waals surface area contributed by atoms with Crippen molar-refractivity contribution in [2.45, 2.75) is 44.7 Å². The van der Waals surface area contributed by atoms with Crippen LogP contribution in [0.5, 0.6) is 0 Å². The predicted molar refractivity (Wildman–Crippen MR) is 92.8 cm³/mol. The van der Waals surface area contributed by atoms with Crippen LogP contribution < -0.4 is 5.32 Å². The number of hydrogen-bond acceptors (Lipinski definition) is 3. The first-order valence-electron chi connectivity index (χ1n) is 8.60.